The van der Waals surface area contributed by atoms with Gasteiger partial charge in [0.2, 0.25) is 5.91 Å². The Bertz CT molecular complexity index is 658. The molecule has 0 saturated carbocycles. The summed E-state index contributed by atoms with van der Waals surface area (Å²) in [6.45, 7) is 0. The van der Waals surface area contributed by atoms with Crippen molar-refractivity contribution in [1.82, 2.24) is 9.78 Å². The highest BCUT2D eigenvalue weighted by atomic mass is 16.2. The Labute approximate surface area is 150 Å². The van der Waals surface area contributed by atoms with Crippen molar-refractivity contribution in [1.29, 1.82) is 0 Å². The summed E-state index contributed by atoms with van der Waals surface area (Å²) >= 11 is 0. The van der Waals surface area contributed by atoms with E-state index < -0.39 is 0 Å². The van der Waals surface area contributed by atoms with Gasteiger partial charge in [-0.1, -0.05) is 75.3 Å². The van der Waals surface area contributed by atoms with Crippen LogP contribution in [0.15, 0.2) is 47.4 Å². The van der Waals surface area contributed by atoms with Crippen LogP contribution in [-0.4, -0.2) is 15.7 Å². The van der Waals surface area contributed by atoms with E-state index in [1.54, 1.807) is 0 Å². The molecule has 0 radical (unpaired) electrons. The number of carbonyl (C=O) groups is 1. The molecule has 0 fully saturated rings. The van der Waals surface area contributed by atoms with Crippen molar-refractivity contribution < 1.29 is 4.79 Å². The van der Waals surface area contributed by atoms with Gasteiger partial charge in [-0.2, -0.15) is 4.68 Å². The van der Waals surface area contributed by atoms with E-state index in [0.29, 0.717) is 6.42 Å². The van der Waals surface area contributed by atoms with Crippen LogP contribution >= 0.6 is 0 Å². The third-order valence-electron chi connectivity index (χ3n) is 4.60. The molecule has 0 aliphatic carbocycles. The lowest BCUT2D eigenvalue weighted by atomic mass is 10.0. The number of hydrogen-bond donors (Lipinski definition) is 1. The zero-order valence-corrected chi connectivity index (χ0v) is 15.1. The minimum absolute atomic E-state index is 0.131. The highest BCUT2D eigenvalue weighted by Gasteiger charge is 2.06. The average molecular weight is 342 g/mol. The van der Waals surface area contributed by atoms with Crippen LogP contribution in [0, 0.1) is 0 Å². The van der Waals surface area contributed by atoms with Gasteiger partial charge in [-0.3, -0.25) is 14.7 Å². The Morgan fingerprint density at radius 1 is 0.800 bits per heavy atom. The van der Waals surface area contributed by atoms with Gasteiger partial charge in [-0.05, 0) is 24.8 Å². The molecule has 2 aromatic rings. The predicted octanol–water partition coefficient (Wildman–Crippen LogP) is 4.96. The minimum Gasteiger partial charge on any atom is -0.296 e. The summed E-state index contributed by atoms with van der Waals surface area (Å²) in [5.74, 6) is -0.131. The molecule has 25 heavy (non-hydrogen) atoms. The molecular formula is C21H30N2O2. The fourth-order valence-corrected chi connectivity index (χ4v) is 3.12. The molecule has 1 aromatic heterocycles. The molecule has 4 nitrogen and oxygen atoms in total. The number of rotatable bonds is 12. The minimum atomic E-state index is -0.266. The highest BCUT2D eigenvalue weighted by Crippen LogP contribution is 2.12. The summed E-state index contributed by atoms with van der Waals surface area (Å²) in [5, 5.41) is 2.66. The van der Waals surface area contributed by atoms with Crippen LogP contribution in [0.2, 0.25) is 0 Å². The Balaban J connectivity index is 1.38. The second-order valence-corrected chi connectivity index (χ2v) is 6.70. The van der Waals surface area contributed by atoms with Gasteiger partial charge in [0.05, 0.1) is 0 Å². The molecular weight excluding hydrogens is 312 g/mol. The lowest BCUT2D eigenvalue weighted by Crippen LogP contribution is -2.23. The first-order valence-corrected chi connectivity index (χ1v) is 9.61. The summed E-state index contributed by atoms with van der Waals surface area (Å²) in [4.78, 5) is 23.1. The Kier molecular flexibility index (Phi) is 8.81. The van der Waals surface area contributed by atoms with Crippen molar-refractivity contribution in [2.45, 2.75) is 70.6 Å². The van der Waals surface area contributed by atoms with Gasteiger partial charge < -0.3 is 0 Å². The first-order chi connectivity index (χ1) is 12.3. The van der Waals surface area contributed by atoms with E-state index in [0.717, 1.165) is 17.5 Å². The first-order valence-electron chi connectivity index (χ1n) is 9.61. The maximum absolute atomic E-state index is 11.8. The van der Waals surface area contributed by atoms with Crippen molar-refractivity contribution >= 4 is 5.91 Å². The normalized spacial score (nSPS) is 10.9. The summed E-state index contributed by atoms with van der Waals surface area (Å²) in [5.41, 5.74) is 1.18. The van der Waals surface area contributed by atoms with Gasteiger partial charge in [-0.25, -0.2) is 0 Å². The van der Waals surface area contributed by atoms with Crippen LogP contribution in [0.4, 0.5) is 0 Å². The first kappa shape index (κ1) is 19.2. The molecule has 0 spiro atoms. The molecule has 0 bridgehead atoms. The lowest BCUT2D eigenvalue weighted by Gasteiger charge is -2.03. The SMILES string of the molecule is O=C(CCCCCCCCCCCc1ccccc1)n1[nH]ccc1=O. The van der Waals surface area contributed by atoms with Crippen LogP contribution in [0.1, 0.15) is 74.6 Å². The van der Waals surface area contributed by atoms with Crippen molar-refractivity contribution in [2.24, 2.45) is 0 Å². The standard InChI is InChI=1S/C21H30N2O2/c24-20(23-21(25)17-18-22-23)16-12-7-5-3-1-2-4-6-9-13-19-14-10-8-11-15-19/h8,10-11,14-15,17-18,22H,1-7,9,12-13,16H2. The Hall–Kier alpha value is -2.10. The number of aromatic nitrogens is 2. The van der Waals surface area contributed by atoms with E-state index in [2.05, 4.69) is 35.4 Å². The second kappa shape index (κ2) is 11.5. The molecule has 2 rings (SSSR count). The summed E-state index contributed by atoms with van der Waals surface area (Å²) < 4.78 is 1.09. The number of carbonyl (C=O) groups excluding carboxylic acids is 1. The zero-order chi connectivity index (χ0) is 17.7. The monoisotopic (exact) mass is 342 g/mol. The van der Waals surface area contributed by atoms with Crippen LogP contribution in [0.25, 0.3) is 0 Å². The number of benzene rings is 1. The summed E-state index contributed by atoms with van der Waals surface area (Å²) in [6.07, 6.45) is 14.0. The molecule has 0 atom stereocenters. The molecule has 0 unspecified atom stereocenters. The van der Waals surface area contributed by atoms with E-state index in [9.17, 15) is 9.59 Å². The van der Waals surface area contributed by atoms with Crippen molar-refractivity contribution in [3.05, 3.63) is 58.5 Å². The predicted molar refractivity (Wildman–Crippen MR) is 102 cm³/mol. The van der Waals surface area contributed by atoms with Crippen molar-refractivity contribution in [3.63, 3.8) is 0 Å². The lowest BCUT2D eigenvalue weighted by molar-refractivity contribution is 0.0879. The number of nitrogens with zero attached hydrogens (tertiary/aromatic N) is 1. The van der Waals surface area contributed by atoms with Crippen molar-refractivity contribution in [2.75, 3.05) is 0 Å². The molecule has 0 amide bonds. The molecule has 0 aliphatic rings. The summed E-state index contributed by atoms with van der Waals surface area (Å²) in [7, 11) is 0. The maximum Gasteiger partial charge on any atom is 0.273 e. The average Bonchev–Trinajstić information content (AvgIpc) is 3.06. The third kappa shape index (κ3) is 7.55. The van der Waals surface area contributed by atoms with Gasteiger partial charge in [0.25, 0.3) is 5.56 Å². The van der Waals surface area contributed by atoms with E-state index >= 15 is 0 Å². The van der Waals surface area contributed by atoms with Crippen LogP contribution < -0.4 is 5.56 Å². The fraction of sp³-hybridized carbons (Fsp3) is 0.524. The molecule has 0 aliphatic heterocycles. The molecule has 0 saturated heterocycles. The number of hydrogen-bond acceptors (Lipinski definition) is 2. The number of unbranched alkanes of at least 4 members (excludes halogenated alkanes) is 8. The summed E-state index contributed by atoms with van der Waals surface area (Å²) in [6, 6.07) is 12.1. The van der Waals surface area contributed by atoms with Gasteiger partial charge in [0.1, 0.15) is 0 Å². The van der Waals surface area contributed by atoms with Gasteiger partial charge in [0, 0.05) is 18.7 Å². The number of aryl methyl sites for hydroxylation is 1. The molecule has 1 N–H and O–H groups in total. The number of nitrogens with one attached hydrogen (secondary N) is 1. The van der Waals surface area contributed by atoms with Gasteiger partial charge in [0.15, 0.2) is 0 Å². The highest BCUT2D eigenvalue weighted by molar-refractivity contribution is 5.77. The number of H-pyrrole nitrogens is 1. The van der Waals surface area contributed by atoms with Crippen LogP contribution in [0.5, 0.6) is 0 Å². The van der Waals surface area contributed by atoms with Crippen molar-refractivity contribution in [3.8, 4) is 0 Å². The van der Waals surface area contributed by atoms with Gasteiger partial charge >= 0.3 is 0 Å². The van der Waals surface area contributed by atoms with E-state index in [1.165, 1.54) is 69.2 Å². The molecule has 136 valence electrons. The smallest absolute Gasteiger partial charge is 0.273 e. The van der Waals surface area contributed by atoms with E-state index in [1.807, 2.05) is 0 Å². The largest absolute Gasteiger partial charge is 0.296 e. The second-order valence-electron chi connectivity index (χ2n) is 6.70. The fourth-order valence-electron chi connectivity index (χ4n) is 3.12. The molecule has 1 heterocycles. The third-order valence-corrected chi connectivity index (χ3v) is 4.60. The van der Waals surface area contributed by atoms with Crippen LogP contribution in [-0.2, 0) is 6.42 Å². The van der Waals surface area contributed by atoms with Crippen LogP contribution in [0.3, 0.4) is 0 Å². The number of aromatic amines is 1. The van der Waals surface area contributed by atoms with E-state index in [4.69, 9.17) is 0 Å². The molecule has 4 heteroatoms. The zero-order valence-electron chi connectivity index (χ0n) is 15.1. The molecule has 1 aromatic carbocycles. The maximum atomic E-state index is 11.8. The Morgan fingerprint density at radius 3 is 2.00 bits per heavy atom. The topological polar surface area (TPSA) is 54.9 Å². The quantitative estimate of drug-likeness (QED) is 0.554. The van der Waals surface area contributed by atoms with E-state index in [-0.39, 0.29) is 11.5 Å². The van der Waals surface area contributed by atoms with Gasteiger partial charge in [-0.15, -0.1) is 0 Å². The Morgan fingerprint density at radius 2 is 1.40 bits per heavy atom.